The lowest BCUT2D eigenvalue weighted by molar-refractivity contribution is -0.141. The Morgan fingerprint density at radius 2 is 1.89 bits per heavy atom. The van der Waals surface area contributed by atoms with Crippen molar-refractivity contribution in [1.29, 1.82) is 0 Å². The van der Waals surface area contributed by atoms with Crippen LogP contribution in [0.15, 0.2) is 30.9 Å². The highest BCUT2D eigenvalue weighted by atomic mass is 127. The second kappa shape index (κ2) is 5.04. The number of aromatic nitrogens is 3. The molecule has 18 heavy (non-hydrogen) atoms. The predicted molar refractivity (Wildman–Crippen MR) is 67.3 cm³/mol. The number of anilines is 2. The molecule has 2 rings (SSSR count). The number of nitrogens with zero attached hydrogens (tertiary/aromatic N) is 3. The van der Waals surface area contributed by atoms with Crippen LogP contribution in [0, 0.1) is 3.57 Å². The summed E-state index contributed by atoms with van der Waals surface area (Å²) in [5.41, 5.74) is -0.495. The topological polar surface area (TPSA) is 50.7 Å². The Kier molecular flexibility index (Phi) is 3.64. The molecule has 0 fully saturated rings. The summed E-state index contributed by atoms with van der Waals surface area (Å²) in [6.07, 6.45) is -0.377. The van der Waals surface area contributed by atoms with E-state index < -0.39 is 11.9 Å². The lowest BCUT2D eigenvalue weighted by atomic mass is 10.3. The van der Waals surface area contributed by atoms with Crippen LogP contribution in [0.3, 0.4) is 0 Å². The monoisotopic (exact) mass is 366 g/mol. The Bertz CT molecular complexity index is 542. The van der Waals surface area contributed by atoms with Crippen molar-refractivity contribution in [2.45, 2.75) is 6.18 Å². The van der Waals surface area contributed by atoms with Gasteiger partial charge in [-0.1, -0.05) is 0 Å². The molecule has 0 saturated heterocycles. The van der Waals surface area contributed by atoms with Crippen LogP contribution in [0.2, 0.25) is 0 Å². The molecule has 0 radical (unpaired) electrons. The molecule has 0 amide bonds. The number of rotatable bonds is 2. The van der Waals surface area contributed by atoms with E-state index in [-0.39, 0.29) is 0 Å². The molecule has 0 aliphatic rings. The first-order chi connectivity index (χ1) is 8.47. The van der Waals surface area contributed by atoms with Gasteiger partial charge in [-0.2, -0.15) is 13.2 Å². The molecule has 0 saturated carbocycles. The molecule has 0 aliphatic carbocycles. The van der Waals surface area contributed by atoms with E-state index in [1.165, 1.54) is 12.4 Å². The minimum absolute atomic E-state index is 0.430. The van der Waals surface area contributed by atoms with E-state index in [1.807, 2.05) is 22.6 Å². The third-order valence-corrected chi connectivity index (χ3v) is 2.77. The highest BCUT2D eigenvalue weighted by Crippen LogP contribution is 2.28. The summed E-state index contributed by atoms with van der Waals surface area (Å²) in [7, 11) is 0. The van der Waals surface area contributed by atoms with E-state index in [1.54, 1.807) is 6.20 Å². The van der Waals surface area contributed by atoms with Gasteiger partial charge in [0.25, 0.3) is 0 Å². The molecule has 0 aromatic carbocycles. The first-order valence-corrected chi connectivity index (χ1v) is 5.80. The molecule has 0 spiro atoms. The lowest BCUT2D eigenvalue weighted by Crippen LogP contribution is -2.07. The van der Waals surface area contributed by atoms with Crippen LogP contribution in [0.25, 0.3) is 0 Å². The van der Waals surface area contributed by atoms with Crippen molar-refractivity contribution < 1.29 is 13.2 Å². The molecule has 0 unspecified atom stereocenters. The fourth-order valence-electron chi connectivity index (χ4n) is 1.18. The Morgan fingerprint density at radius 1 is 1.11 bits per heavy atom. The van der Waals surface area contributed by atoms with E-state index >= 15 is 0 Å². The lowest BCUT2D eigenvalue weighted by Gasteiger charge is -2.08. The minimum Gasteiger partial charge on any atom is -0.338 e. The highest BCUT2D eigenvalue weighted by Gasteiger charge is 2.32. The number of nitrogens with one attached hydrogen (secondary N) is 1. The number of halogens is 4. The standard InChI is InChI=1S/C10H6F3IN4/c11-10(12,13)8-2-1-6(3-16-8)18-9-7(14)4-15-5-17-9/h1-5H,(H,15,17,18). The first-order valence-electron chi connectivity index (χ1n) is 4.72. The maximum absolute atomic E-state index is 12.3. The zero-order valence-electron chi connectivity index (χ0n) is 8.74. The Morgan fingerprint density at radius 3 is 2.44 bits per heavy atom. The summed E-state index contributed by atoms with van der Waals surface area (Å²) in [4.78, 5) is 11.1. The Balaban J connectivity index is 2.19. The van der Waals surface area contributed by atoms with Gasteiger partial charge in [-0.05, 0) is 34.7 Å². The van der Waals surface area contributed by atoms with Crippen LogP contribution < -0.4 is 5.32 Å². The summed E-state index contributed by atoms with van der Waals surface area (Å²) < 4.78 is 37.7. The fourth-order valence-corrected chi connectivity index (χ4v) is 1.61. The number of alkyl halides is 3. The van der Waals surface area contributed by atoms with Gasteiger partial charge in [0.15, 0.2) is 0 Å². The second-order valence-corrected chi connectivity index (χ2v) is 4.44. The summed E-state index contributed by atoms with van der Waals surface area (Å²) >= 11 is 2.02. The van der Waals surface area contributed by atoms with Crippen LogP contribution >= 0.6 is 22.6 Å². The Labute approximate surface area is 114 Å². The van der Waals surface area contributed by atoms with Gasteiger partial charge in [0, 0.05) is 6.20 Å². The molecule has 8 heteroatoms. The van der Waals surface area contributed by atoms with E-state index in [0.717, 1.165) is 15.8 Å². The second-order valence-electron chi connectivity index (χ2n) is 3.27. The maximum atomic E-state index is 12.3. The molecule has 94 valence electrons. The van der Waals surface area contributed by atoms with Gasteiger partial charge in [-0.3, -0.25) is 0 Å². The molecular weight excluding hydrogens is 360 g/mol. The third kappa shape index (κ3) is 3.06. The van der Waals surface area contributed by atoms with Crippen molar-refractivity contribution in [3.8, 4) is 0 Å². The van der Waals surface area contributed by atoms with Crippen molar-refractivity contribution in [2.24, 2.45) is 0 Å². The molecule has 0 bridgehead atoms. The summed E-state index contributed by atoms with van der Waals surface area (Å²) in [6, 6.07) is 2.21. The number of pyridine rings is 1. The molecule has 2 aromatic heterocycles. The van der Waals surface area contributed by atoms with Crippen LogP contribution in [0.4, 0.5) is 24.7 Å². The quantitative estimate of drug-likeness (QED) is 0.830. The van der Waals surface area contributed by atoms with E-state index in [0.29, 0.717) is 11.5 Å². The molecule has 2 aromatic rings. The Hall–Kier alpha value is -1.45. The van der Waals surface area contributed by atoms with Gasteiger partial charge in [-0.25, -0.2) is 15.0 Å². The van der Waals surface area contributed by atoms with Crippen LogP contribution in [-0.4, -0.2) is 15.0 Å². The third-order valence-electron chi connectivity index (χ3n) is 1.98. The smallest absolute Gasteiger partial charge is 0.338 e. The largest absolute Gasteiger partial charge is 0.433 e. The average Bonchev–Trinajstić information content (AvgIpc) is 2.32. The number of hydrogen-bond acceptors (Lipinski definition) is 4. The molecule has 2 heterocycles. The highest BCUT2D eigenvalue weighted by molar-refractivity contribution is 14.1. The first kappa shape index (κ1) is 13.0. The normalized spacial score (nSPS) is 11.3. The van der Waals surface area contributed by atoms with E-state index in [4.69, 9.17) is 0 Å². The minimum atomic E-state index is -4.43. The van der Waals surface area contributed by atoms with Gasteiger partial charge < -0.3 is 5.32 Å². The summed E-state index contributed by atoms with van der Waals surface area (Å²) in [6.45, 7) is 0. The van der Waals surface area contributed by atoms with Gasteiger partial charge >= 0.3 is 6.18 Å². The van der Waals surface area contributed by atoms with Gasteiger partial charge in [-0.15, -0.1) is 0 Å². The van der Waals surface area contributed by atoms with Crippen molar-refractivity contribution in [3.05, 3.63) is 40.1 Å². The molecule has 4 nitrogen and oxygen atoms in total. The maximum Gasteiger partial charge on any atom is 0.433 e. The van der Waals surface area contributed by atoms with Gasteiger partial charge in [0.2, 0.25) is 0 Å². The SMILES string of the molecule is FC(F)(F)c1ccc(Nc2ncncc2I)cn1. The number of hydrogen-bond donors (Lipinski definition) is 1. The molecule has 0 aliphatic heterocycles. The molecular formula is C10H6F3IN4. The van der Waals surface area contributed by atoms with Crippen molar-refractivity contribution in [1.82, 2.24) is 15.0 Å². The van der Waals surface area contributed by atoms with Crippen LogP contribution in [-0.2, 0) is 6.18 Å². The van der Waals surface area contributed by atoms with Gasteiger partial charge in [0.1, 0.15) is 17.8 Å². The van der Waals surface area contributed by atoms with Gasteiger partial charge in [0.05, 0.1) is 15.5 Å². The average molecular weight is 366 g/mol. The van der Waals surface area contributed by atoms with Crippen molar-refractivity contribution in [2.75, 3.05) is 5.32 Å². The van der Waals surface area contributed by atoms with Crippen LogP contribution in [0.1, 0.15) is 5.69 Å². The van der Waals surface area contributed by atoms with Crippen molar-refractivity contribution in [3.63, 3.8) is 0 Å². The summed E-state index contributed by atoms with van der Waals surface area (Å²) in [5, 5.41) is 2.86. The molecule has 1 N–H and O–H groups in total. The predicted octanol–water partition coefficient (Wildman–Crippen LogP) is 3.24. The van der Waals surface area contributed by atoms with Crippen molar-refractivity contribution >= 4 is 34.1 Å². The summed E-state index contributed by atoms with van der Waals surface area (Å²) in [5.74, 6) is 0.521. The fraction of sp³-hybridized carbons (Fsp3) is 0.100. The zero-order chi connectivity index (χ0) is 13.2. The van der Waals surface area contributed by atoms with Crippen LogP contribution in [0.5, 0.6) is 0 Å². The van der Waals surface area contributed by atoms with E-state index in [9.17, 15) is 13.2 Å². The van der Waals surface area contributed by atoms with E-state index in [2.05, 4.69) is 20.3 Å². The molecule has 0 atom stereocenters. The zero-order valence-corrected chi connectivity index (χ0v) is 10.9.